The Kier molecular flexibility index (Phi) is 6.76. The van der Waals surface area contributed by atoms with Gasteiger partial charge in [0.15, 0.2) is 0 Å². The highest BCUT2D eigenvalue weighted by atomic mass is 35.5. The van der Waals surface area contributed by atoms with E-state index in [1.54, 1.807) is 29.2 Å². The van der Waals surface area contributed by atoms with Crippen molar-refractivity contribution < 1.29 is 9.69 Å². The summed E-state index contributed by atoms with van der Waals surface area (Å²) in [4.78, 5) is 13.3. The van der Waals surface area contributed by atoms with Crippen LogP contribution in [0.4, 0.5) is 0 Å². The van der Waals surface area contributed by atoms with Gasteiger partial charge in [0.05, 0.1) is 19.6 Å². The third-order valence-electron chi connectivity index (χ3n) is 3.10. The van der Waals surface area contributed by atoms with Crippen LogP contribution in [0.3, 0.4) is 0 Å². The number of amides is 1. The normalized spacial score (nSPS) is 10.7. The van der Waals surface area contributed by atoms with Crippen molar-refractivity contribution in [1.29, 1.82) is 0 Å². The highest BCUT2D eigenvalue weighted by Crippen LogP contribution is 2.09. The predicted molar refractivity (Wildman–Crippen MR) is 75.3 cm³/mol. The Balaban J connectivity index is 2.27. The monoisotopic (exact) mass is 269 g/mol. The predicted octanol–water partition coefficient (Wildman–Crippen LogP) is 1.38. The van der Waals surface area contributed by atoms with E-state index in [-0.39, 0.29) is 5.91 Å². The lowest BCUT2D eigenvalue weighted by Gasteiger charge is -2.15. The van der Waals surface area contributed by atoms with Crippen molar-refractivity contribution in [2.75, 3.05) is 26.2 Å². The molecule has 0 aliphatic carbocycles. The first kappa shape index (κ1) is 15.0. The summed E-state index contributed by atoms with van der Waals surface area (Å²) in [6.45, 7) is 8.48. The van der Waals surface area contributed by atoms with Crippen molar-refractivity contribution in [3.8, 4) is 0 Å². The average molecular weight is 270 g/mol. The summed E-state index contributed by atoms with van der Waals surface area (Å²) in [5, 5.41) is 3.58. The molecular formula is C14H22ClN2O+. The minimum atomic E-state index is -0.0267. The molecule has 0 atom stereocenters. The maximum Gasteiger partial charge on any atom is 0.251 e. The van der Waals surface area contributed by atoms with Crippen LogP contribution in [-0.4, -0.2) is 32.1 Å². The standard InChI is InChI=1S/C14H21ClN2O/c1-3-17(4-2)11-5-10-16-14(18)12-6-8-13(15)9-7-12/h6-9H,3-5,10-11H2,1-2H3,(H,16,18)/p+1. The molecule has 1 rings (SSSR count). The van der Waals surface area contributed by atoms with Crippen molar-refractivity contribution in [3.63, 3.8) is 0 Å². The zero-order valence-corrected chi connectivity index (χ0v) is 11.9. The Labute approximate surface area is 114 Å². The summed E-state index contributed by atoms with van der Waals surface area (Å²) < 4.78 is 0. The van der Waals surface area contributed by atoms with E-state index in [2.05, 4.69) is 19.2 Å². The van der Waals surface area contributed by atoms with Crippen molar-refractivity contribution in [2.24, 2.45) is 0 Å². The minimum absolute atomic E-state index is 0.0267. The molecule has 1 amide bonds. The number of hydrogen-bond donors (Lipinski definition) is 2. The summed E-state index contributed by atoms with van der Waals surface area (Å²) in [7, 11) is 0. The maximum atomic E-state index is 11.8. The number of nitrogens with one attached hydrogen (secondary N) is 2. The molecule has 1 aromatic carbocycles. The number of benzene rings is 1. The second kappa shape index (κ2) is 8.11. The quantitative estimate of drug-likeness (QED) is 0.721. The SMILES string of the molecule is CC[NH+](CC)CCCNC(=O)c1ccc(Cl)cc1. The first-order chi connectivity index (χ1) is 8.67. The highest BCUT2D eigenvalue weighted by molar-refractivity contribution is 6.30. The van der Waals surface area contributed by atoms with Gasteiger partial charge in [0.2, 0.25) is 0 Å². The van der Waals surface area contributed by atoms with Crippen molar-refractivity contribution in [2.45, 2.75) is 20.3 Å². The minimum Gasteiger partial charge on any atom is -0.352 e. The topological polar surface area (TPSA) is 33.5 Å². The molecule has 3 nitrogen and oxygen atoms in total. The molecule has 1 aromatic rings. The zero-order valence-electron chi connectivity index (χ0n) is 11.1. The van der Waals surface area contributed by atoms with Crippen molar-refractivity contribution in [3.05, 3.63) is 34.9 Å². The van der Waals surface area contributed by atoms with E-state index in [1.807, 2.05) is 0 Å². The van der Waals surface area contributed by atoms with Gasteiger partial charge in [-0.3, -0.25) is 4.79 Å². The average Bonchev–Trinajstić information content (AvgIpc) is 2.39. The first-order valence-electron chi connectivity index (χ1n) is 6.54. The Hall–Kier alpha value is -1.06. The molecule has 0 aromatic heterocycles. The van der Waals surface area contributed by atoms with Crippen LogP contribution in [0, 0.1) is 0 Å². The van der Waals surface area contributed by atoms with Gasteiger partial charge in [-0.2, -0.15) is 0 Å². The molecule has 0 aliphatic rings. The van der Waals surface area contributed by atoms with E-state index in [4.69, 9.17) is 11.6 Å². The molecule has 0 saturated heterocycles. The van der Waals surface area contributed by atoms with E-state index in [0.29, 0.717) is 10.6 Å². The van der Waals surface area contributed by atoms with Crippen molar-refractivity contribution >= 4 is 17.5 Å². The Morgan fingerprint density at radius 1 is 1.22 bits per heavy atom. The van der Waals surface area contributed by atoms with Gasteiger partial charge in [0, 0.05) is 23.6 Å². The number of carbonyl (C=O) groups is 1. The van der Waals surface area contributed by atoms with E-state index < -0.39 is 0 Å². The van der Waals surface area contributed by atoms with Crippen molar-refractivity contribution in [1.82, 2.24) is 5.32 Å². The smallest absolute Gasteiger partial charge is 0.251 e. The molecule has 18 heavy (non-hydrogen) atoms. The van der Waals surface area contributed by atoms with Crippen LogP contribution in [0.15, 0.2) is 24.3 Å². The fourth-order valence-corrected chi connectivity index (χ4v) is 1.97. The maximum absolute atomic E-state index is 11.8. The van der Waals surface area contributed by atoms with Crippen LogP contribution < -0.4 is 10.2 Å². The van der Waals surface area contributed by atoms with Gasteiger partial charge in [0.1, 0.15) is 0 Å². The third-order valence-corrected chi connectivity index (χ3v) is 3.35. The summed E-state index contributed by atoms with van der Waals surface area (Å²) in [5.74, 6) is -0.0267. The number of halogens is 1. The lowest BCUT2D eigenvalue weighted by molar-refractivity contribution is -0.896. The van der Waals surface area contributed by atoms with Crippen LogP contribution in [0.5, 0.6) is 0 Å². The first-order valence-corrected chi connectivity index (χ1v) is 6.92. The van der Waals surface area contributed by atoms with Gasteiger partial charge in [-0.1, -0.05) is 11.6 Å². The van der Waals surface area contributed by atoms with E-state index in [1.165, 1.54) is 0 Å². The van der Waals surface area contributed by atoms with Gasteiger partial charge in [0.25, 0.3) is 5.91 Å². The fraction of sp³-hybridized carbons (Fsp3) is 0.500. The Morgan fingerprint density at radius 2 is 1.83 bits per heavy atom. The number of quaternary nitrogens is 1. The summed E-state index contributed by atoms with van der Waals surface area (Å²) in [5.41, 5.74) is 0.662. The second-order valence-electron chi connectivity index (χ2n) is 4.32. The number of rotatable bonds is 7. The molecule has 0 bridgehead atoms. The van der Waals surface area contributed by atoms with Crippen LogP contribution in [0.25, 0.3) is 0 Å². The van der Waals surface area contributed by atoms with Gasteiger partial charge < -0.3 is 10.2 Å². The van der Waals surface area contributed by atoms with Crippen LogP contribution in [0.2, 0.25) is 5.02 Å². The second-order valence-corrected chi connectivity index (χ2v) is 4.76. The highest BCUT2D eigenvalue weighted by Gasteiger charge is 2.05. The molecule has 0 saturated carbocycles. The van der Waals surface area contributed by atoms with Crippen LogP contribution in [0.1, 0.15) is 30.6 Å². The number of hydrogen-bond acceptors (Lipinski definition) is 1. The molecule has 0 unspecified atom stereocenters. The van der Waals surface area contributed by atoms with Gasteiger partial charge in [-0.15, -0.1) is 0 Å². The third kappa shape index (κ3) is 5.07. The summed E-state index contributed by atoms with van der Waals surface area (Å²) in [6, 6.07) is 6.95. The molecule has 0 fully saturated rings. The van der Waals surface area contributed by atoms with Crippen LogP contribution in [-0.2, 0) is 0 Å². The lowest BCUT2D eigenvalue weighted by Crippen LogP contribution is -3.11. The fourth-order valence-electron chi connectivity index (χ4n) is 1.85. The van der Waals surface area contributed by atoms with Gasteiger partial charge in [-0.25, -0.2) is 0 Å². The molecule has 2 N–H and O–H groups in total. The lowest BCUT2D eigenvalue weighted by atomic mass is 10.2. The van der Waals surface area contributed by atoms with E-state index >= 15 is 0 Å². The molecular weight excluding hydrogens is 248 g/mol. The molecule has 0 heterocycles. The molecule has 4 heteroatoms. The van der Waals surface area contributed by atoms with Crippen LogP contribution >= 0.6 is 11.6 Å². The van der Waals surface area contributed by atoms with Gasteiger partial charge in [-0.05, 0) is 38.1 Å². The molecule has 0 radical (unpaired) electrons. The molecule has 100 valence electrons. The summed E-state index contributed by atoms with van der Waals surface area (Å²) >= 11 is 5.78. The Morgan fingerprint density at radius 3 is 2.39 bits per heavy atom. The summed E-state index contributed by atoms with van der Waals surface area (Å²) in [6.07, 6.45) is 1.01. The van der Waals surface area contributed by atoms with Gasteiger partial charge >= 0.3 is 0 Å². The molecule has 0 spiro atoms. The van der Waals surface area contributed by atoms with E-state index in [0.717, 1.165) is 32.6 Å². The zero-order chi connectivity index (χ0) is 13.4. The molecule has 0 aliphatic heterocycles. The van der Waals surface area contributed by atoms with E-state index in [9.17, 15) is 4.79 Å². The largest absolute Gasteiger partial charge is 0.352 e. The Bertz CT molecular complexity index is 361. The number of carbonyl (C=O) groups excluding carboxylic acids is 1.